The number of alkyl carbamates (subject to hydrolysis) is 1. The van der Waals surface area contributed by atoms with Crippen LogP contribution in [0.2, 0.25) is 10.0 Å². The van der Waals surface area contributed by atoms with Crippen molar-refractivity contribution >= 4 is 47.0 Å². The molecule has 9 nitrogen and oxygen atoms in total. The zero-order chi connectivity index (χ0) is 33.7. The van der Waals surface area contributed by atoms with Gasteiger partial charge in [0.1, 0.15) is 11.6 Å². The molecule has 11 heteroatoms. The van der Waals surface area contributed by atoms with E-state index in [0.717, 1.165) is 17.5 Å². The number of nitrogens with zero attached hydrogens (tertiary/aromatic N) is 1. The SMILES string of the molecule is CCNC(=O)[C@]1(Cc2ccccc2)CCCN(C(=O)[C@@H](Cc2ccc(Cl)c(Cl)c2)NC(=O)CCCCCNC(=O)OC(C)(C)C)C1. The van der Waals surface area contributed by atoms with Gasteiger partial charge in [0.05, 0.1) is 15.5 Å². The van der Waals surface area contributed by atoms with E-state index in [0.29, 0.717) is 61.8 Å². The lowest BCUT2D eigenvalue weighted by atomic mass is 9.74. The fourth-order valence-electron chi connectivity index (χ4n) is 5.75. The van der Waals surface area contributed by atoms with E-state index in [4.69, 9.17) is 27.9 Å². The number of halogens is 2. The predicted molar refractivity (Wildman–Crippen MR) is 182 cm³/mol. The third-order valence-electron chi connectivity index (χ3n) is 7.90. The van der Waals surface area contributed by atoms with Gasteiger partial charge in [-0.05, 0) is 83.1 Å². The van der Waals surface area contributed by atoms with Gasteiger partial charge >= 0.3 is 6.09 Å². The number of hydrogen-bond donors (Lipinski definition) is 3. The minimum Gasteiger partial charge on any atom is -0.444 e. The summed E-state index contributed by atoms with van der Waals surface area (Å²) < 4.78 is 5.24. The van der Waals surface area contributed by atoms with Crippen LogP contribution in [-0.2, 0) is 32.0 Å². The minimum absolute atomic E-state index is 0.0671. The van der Waals surface area contributed by atoms with Crippen molar-refractivity contribution in [1.82, 2.24) is 20.9 Å². The molecule has 252 valence electrons. The van der Waals surface area contributed by atoms with E-state index in [2.05, 4.69) is 16.0 Å². The molecule has 0 bridgehead atoms. The summed E-state index contributed by atoms with van der Waals surface area (Å²) >= 11 is 12.4. The van der Waals surface area contributed by atoms with Crippen molar-refractivity contribution in [3.8, 4) is 0 Å². The topological polar surface area (TPSA) is 117 Å². The summed E-state index contributed by atoms with van der Waals surface area (Å²) in [6, 6.07) is 14.2. The first-order valence-corrected chi connectivity index (χ1v) is 16.9. The molecule has 1 fully saturated rings. The zero-order valence-corrected chi connectivity index (χ0v) is 28.9. The number of benzene rings is 2. The Morgan fingerprint density at radius 1 is 0.957 bits per heavy atom. The minimum atomic E-state index is -0.847. The van der Waals surface area contributed by atoms with Crippen molar-refractivity contribution in [1.29, 1.82) is 0 Å². The maximum Gasteiger partial charge on any atom is 0.407 e. The van der Waals surface area contributed by atoms with E-state index in [9.17, 15) is 19.2 Å². The van der Waals surface area contributed by atoms with Gasteiger partial charge in [-0.1, -0.05) is 66.0 Å². The molecule has 0 unspecified atom stereocenters. The highest BCUT2D eigenvalue weighted by atomic mass is 35.5. The molecule has 0 spiro atoms. The van der Waals surface area contributed by atoms with Crippen LogP contribution in [0.15, 0.2) is 48.5 Å². The van der Waals surface area contributed by atoms with Crippen LogP contribution < -0.4 is 16.0 Å². The summed E-state index contributed by atoms with van der Waals surface area (Å²) in [6.45, 7) is 9.00. The van der Waals surface area contributed by atoms with E-state index < -0.39 is 23.2 Å². The van der Waals surface area contributed by atoms with E-state index in [1.807, 2.05) is 37.3 Å². The first-order valence-electron chi connectivity index (χ1n) is 16.1. The Morgan fingerprint density at radius 2 is 1.70 bits per heavy atom. The van der Waals surface area contributed by atoms with Crippen molar-refractivity contribution in [2.24, 2.45) is 5.41 Å². The first kappa shape index (κ1) is 37.2. The number of ether oxygens (including phenoxy) is 1. The maximum atomic E-state index is 14.2. The Bertz CT molecular complexity index is 1330. The van der Waals surface area contributed by atoms with Crippen LogP contribution in [0.3, 0.4) is 0 Å². The van der Waals surface area contributed by atoms with Crippen molar-refractivity contribution in [2.45, 2.75) is 90.7 Å². The van der Waals surface area contributed by atoms with Gasteiger partial charge in [-0.3, -0.25) is 14.4 Å². The summed E-state index contributed by atoms with van der Waals surface area (Å²) in [7, 11) is 0. The third kappa shape index (κ3) is 11.8. The predicted octanol–water partition coefficient (Wildman–Crippen LogP) is 6.09. The Labute approximate surface area is 283 Å². The number of nitrogens with one attached hydrogen (secondary N) is 3. The van der Waals surface area contributed by atoms with Gasteiger partial charge in [-0.25, -0.2) is 4.79 Å². The quantitative estimate of drug-likeness (QED) is 0.210. The normalized spacial score (nSPS) is 17.1. The average Bonchev–Trinajstić information content (AvgIpc) is 3.00. The average molecular weight is 676 g/mol. The molecular weight excluding hydrogens is 627 g/mol. The number of hydrogen-bond acceptors (Lipinski definition) is 5. The van der Waals surface area contributed by atoms with E-state index in [1.54, 1.807) is 43.9 Å². The maximum absolute atomic E-state index is 14.2. The van der Waals surface area contributed by atoms with Crippen LogP contribution in [0.4, 0.5) is 4.79 Å². The van der Waals surface area contributed by atoms with Gasteiger partial charge < -0.3 is 25.6 Å². The zero-order valence-electron chi connectivity index (χ0n) is 27.4. The summed E-state index contributed by atoms with van der Waals surface area (Å²) in [5, 5.41) is 9.46. The lowest BCUT2D eigenvalue weighted by Crippen LogP contribution is -2.58. The second kappa shape index (κ2) is 17.6. The molecule has 0 aliphatic carbocycles. The van der Waals surface area contributed by atoms with Crippen molar-refractivity contribution in [3.05, 3.63) is 69.7 Å². The van der Waals surface area contributed by atoms with Gasteiger partial charge in [-0.15, -0.1) is 0 Å². The Balaban J connectivity index is 1.69. The summed E-state index contributed by atoms with van der Waals surface area (Å²) in [4.78, 5) is 54.4. The van der Waals surface area contributed by atoms with Gasteiger partial charge in [0, 0.05) is 39.0 Å². The molecule has 2 atom stereocenters. The van der Waals surface area contributed by atoms with Gasteiger partial charge in [0.15, 0.2) is 0 Å². The van der Waals surface area contributed by atoms with Crippen molar-refractivity contribution in [2.75, 3.05) is 26.2 Å². The van der Waals surface area contributed by atoms with E-state index in [1.165, 1.54) is 0 Å². The fourth-order valence-corrected chi connectivity index (χ4v) is 6.07. The molecule has 0 saturated carbocycles. The fraction of sp³-hybridized carbons (Fsp3) is 0.543. The molecule has 0 aromatic heterocycles. The molecule has 2 aromatic rings. The van der Waals surface area contributed by atoms with Gasteiger partial charge in [0.25, 0.3) is 0 Å². The third-order valence-corrected chi connectivity index (χ3v) is 8.64. The van der Waals surface area contributed by atoms with Crippen molar-refractivity contribution < 1.29 is 23.9 Å². The second-order valence-electron chi connectivity index (χ2n) is 13.0. The smallest absolute Gasteiger partial charge is 0.407 e. The molecular formula is C35H48Cl2N4O5. The number of carbonyl (C=O) groups is 4. The highest BCUT2D eigenvalue weighted by Crippen LogP contribution is 2.35. The van der Waals surface area contributed by atoms with Crippen LogP contribution >= 0.6 is 23.2 Å². The lowest BCUT2D eigenvalue weighted by Gasteiger charge is -2.43. The Morgan fingerprint density at radius 3 is 2.37 bits per heavy atom. The lowest BCUT2D eigenvalue weighted by molar-refractivity contribution is -0.144. The van der Waals surface area contributed by atoms with Crippen LogP contribution in [-0.4, -0.2) is 66.5 Å². The highest BCUT2D eigenvalue weighted by molar-refractivity contribution is 6.42. The van der Waals surface area contributed by atoms with Crippen LogP contribution in [0.1, 0.15) is 77.3 Å². The molecule has 1 aliphatic rings. The van der Waals surface area contributed by atoms with Crippen molar-refractivity contribution in [3.63, 3.8) is 0 Å². The largest absolute Gasteiger partial charge is 0.444 e. The van der Waals surface area contributed by atoms with E-state index >= 15 is 0 Å². The molecule has 3 rings (SSSR count). The summed E-state index contributed by atoms with van der Waals surface area (Å²) in [6.07, 6.45) is 3.83. The molecule has 1 aliphatic heterocycles. The molecule has 0 radical (unpaired) electrons. The van der Waals surface area contributed by atoms with E-state index in [-0.39, 0.29) is 37.1 Å². The molecule has 2 aromatic carbocycles. The van der Waals surface area contributed by atoms with Gasteiger partial charge in [0.2, 0.25) is 17.7 Å². The molecule has 3 N–H and O–H groups in total. The number of carbonyl (C=O) groups excluding carboxylic acids is 4. The van der Waals surface area contributed by atoms with Crippen LogP contribution in [0.25, 0.3) is 0 Å². The molecule has 4 amide bonds. The van der Waals surface area contributed by atoms with Gasteiger partial charge in [-0.2, -0.15) is 0 Å². The highest BCUT2D eigenvalue weighted by Gasteiger charge is 2.44. The second-order valence-corrected chi connectivity index (χ2v) is 13.8. The number of piperidine rings is 1. The number of unbranched alkanes of at least 4 members (excludes halogenated alkanes) is 2. The summed E-state index contributed by atoms with van der Waals surface area (Å²) in [5.74, 6) is -0.542. The molecule has 46 heavy (non-hydrogen) atoms. The number of rotatable bonds is 14. The first-order chi connectivity index (χ1) is 21.8. The standard InChI is InChI=1S/C35H48Cl2N4O5/c1-5-38-32(44)35(23-25-13-8-6-9-14-25)18-12-20-41(24-35)31(43)29(22-26-16-17-27(36)28(37)21-26)40-30(42)15-10-7-11-19-39-33(45)46-34(2,3)4/h6,8-9,13-14,16-17,21,29H,5,7,10-12,15,18-20,22-24H2,1-4H3,(H,38,44)(H,39,45)(H,40,42)/t29-,35+/m1/s1. The van der Waals surface area contributed by atoms with Crippen LogP contribution in [0, 0.1) is 5.41 Å². The van der Waals surface area contributed by atoms with Crippen LogP contribution in [0.5, 0.6) is 0 Å². The molecule has 1 heterocycles. The summed E-state index contributed by atoms with van der Waals surface area (Å²) in [5.41, 5.74) is 0.451. The Kier molecular flexibility index (Phi) is 14.2. The number of amides is 4. The molecule has 1 saturated heterocycles. The monoisotopic (exact) mass is 674 g/mol. The Hall–Kier alpha value is -3.30. The number of likely N-dealkylation sites (tertiary alicyclic amines) is 1.